The fourth-order valence-corrected chi connectivity index (χ4v) is 4.60. The normalized spacial score (nSPS) is 25.1. The zero-order valence-corrected chi connectivity index (χ0v) is 16.2. The van der Waals surface area contributed by atoms with Crippen LogP contribution in [0.25, 0.3) is 0 Å². The van der Waals surface area contributed by atoms with Gasteiger partial charge in [0.2, 0.25) is 0 Å². The van der Waals surface area contributed by atoms with Gasteiger partial charge < -0.3 is 4.90 Å². The highest BCUT2D eigenvalue weighted by Crippen LogP contribution is 2.40. The van der Waals surface area contributed by atoms with Crippen molar-refractivity contribution in [1.29, 1.82) is 0 Å². The summed E-state index contributed by atoms with van der Waals surface area (Å²) in [7, 11) is 2.19. The Balaban J connectivity index is 1.33. The molecule has 2 aliphatic rings. The van der Waals surface area contributed by atoms with Gasteiger partial charge >= 0.3 is 6.03 Å². The van der Waals surface area contributed by atoms with E-state index in [9.17, 15) is 4.79 Å². The maximum atomic E-state index is 12.5. The molecule has 2 aromatic rings. The van der Waals surface area contributed by atoms with Gasteiger partial charge in [0.05, 0.1) is 17.4 Å². The standard InChI is InChI=1S/C19H22Cl2N4O/c1-23(9-13-2-4-16(20)5-3-13)18-6-14-10-24(11-15(14)7-18)19(26)25-12-17(21)8-22-25/h2-5,8,12,14-15,18H,6-7,9-11H2,1H3/t14-,15+,18?. The second kappa shape index (κ2) is 7.22. The molecule has 1 saturated carbocycles. The molecule has 1 aromatic heterocycles. The minimum atomic E-state index is -0.0719. The van der Waals surface area contributed by atoms with Crippen LogP contribution in [-0.2, 0) is 6.54 Å². The third-order valence-electron chi connectivity index (χ3n) is 5.71. The molecule has 1 aromatic carbocycles. The third kappa shape index (κ3) is 3.61. The summed E-state index contributed by atoms with van der Waals surface area (Å²) in [6, 6.07) is 8.56. The number of benzene rings is 1. The van der Waals surface area contributed by atoms with Gasteiger partial charge in [-0.25, -0.2) is 4.79 Å². The molecule has 4 rings (SSSR count). The van der Waals surface area contributed by atoms with Crippen molar-refractivity contribution in [2.24, 2.45) is 11.8 Å². The van der Waals surface area contributed by atoms with Crippen molar-refractivity contribution in [3.8, 4) is 0 Å². The molecule has 1 aliphatic carbocycles. The highest BCUT2D eigenvalue weighted by atomic mass is 35.5. The Morgan fingerprint density at radius 3 is 2.38 bits per heavy atom. The number of hydrogen-bond acceptors (Lipinski definition) is 3. The summed E-state index contributed by atoms with van der Waals surface area (Å²) in [5.74, 6) is 1.14. The van der Waals surface area contributed by atoms with E-state index in [4.69, 9.17) is 23.2 Å². The smallest absolute Gasteiger partial charge is 0.322 e. The number of aromatic nitrogens is 2. The highest BCUT2D eigenvalue weighted by Gasteiger charge is 2.43. The van der Waals surface area contributed by atoms with Crippen molar-refractivity contribution >= 4 is 29.2 Å². The van der Waals surface area contributed by atoms with E-state index in [1.807, 2.05) is 17.0 Å². The largest absolute Gasteiger partial charge is 0.344 e. The molecule has 5 nitrogen and oxygen atoms in total. The molecule has 1 unspecified atom stereocenters. The van der Waals surface area contributed by atoms with Crippen molar-refractivity contribution in [2.75, 3.05) is 20.1 Å². The molecule has 1 aliphatic heterocycles. The number of nitrogens with zero attached hydrogens (tertiary/aromatic N) is 4. The maximum Gasteiger partial charge on any atom is 0.344 e. The fourth-order valence-electron chi connectivity index (χ4n) is 4.34. The molecule has 0 bridgehead atoms. The number of hydrogen-bond donors (Lipinski definition) is 0. The SMILES string of the molecule is CN(Cc1ccc(Cl)cc1)C1C[C@@H]2CN(C(=O)n3cc(Cl)cn3)C[C@@H]2C1. The van der Waals surface area contributed by atoms with E-state index in [1.165, 1.54) is 16.4 Å². The van der Waals surface area contributed by atoms with Gasteiger partial charge in [-0.3, -0.25) is 4.90 Å². The molecule has 1 saturated heterocycles. The van der Waals surface area contributed by atoms with E-state index in [2.05, 4.69) is 29.2 Å². The van der Waals surface area contributed by atoms with Gasteiger partial charge in [-0.15, -0.1) is 0 Å². The summed E-state index contributed by atoms with van der Waals surface area (Å²) in [4.78, 5) is 16.9. The van der Waals surface area contributed by atoms with Crippen LogP contribution in [-0.4, -0.2) is 51.8 Å². The molecule has 2 heterocycles. The van der Waals surface area contributed by atoms with Crippen molar-refractivity contribution in [1.82, 2.24) is 19.6 Å². The van der Waals surface area contributed by atoms with Gasteiger partial charge in [-0.2, -0.15) is 9.78 Å². The summed E-state index contributed by atoms with van der Waals surface area (Å²) >= 11 is 11.8. The predicted octanol–water partition coefficient (Wildman–Crippen LogP) is 4.00. The van der Waals surface area contributed by atoms with Crippen molar-refractivity contribution in [3.63, 3.8) is 0 Å². The van der Waals surface area contributed by atoms with E-state index in [1.54, 1.807) is 6.20 Å². The van der Waals surface area contributed by atoms with Crippen LogP contribution >= 0.6 is 23.2 Å². The first-order chi connectivity index (χ1) is 12.5. The molecule has 0 spiro atoms. The van der Waals surface area contributed by atoms with Gasteiger partial charge in [0.1, 0.15) is 0 Å². The van der Waals surface area contributed by atoms with Crippen LogP contribution in [0.4, 0.5) is 4.79 Å². The number of likely N-dealkylation sites (tertiary alicyclic amines) is 1. The first-order valence-electron chi connectivity index (χ1n) is 8.93. The molecule has 3 atom stereocenters. The van der Waals surface area contributed by atoms with Gasteiger partial charge in [-0.05, 0) is 49.4 Å². The topological polar surface area (TPSA) is 41.4 Å². The minimum absolute atomic E-state index is 0.0719. The lowest BCUT2D eigenvalue weighted by molar-refractivity contribution is 0.192. The highest BCUT2D eigenvalue weighted by molar-refractivity contribution is 6.30. The Kier molecular flexibility index (Phi) is 4.95. The van der Waals surface area contributed by atoms with Gasteiger partial charge in [0, 0.05) is 30.7 Å². The lowest BCUT2D eigenvalue weighted by Gasteiger charge is -2.26. The molecule has 0 N–H and O–H groups in total. The lowest BCUT2D eigenvalue weighted by atomic mass is 10.0. The van der Waals surface area contributed by atoms with Crippen LogP contribution in [0.5, 0.6) is 0 Å². The monoisotopic (exact) mass is 392 g/mol. The van der Waals surface area contributed by atoms with Crippen LogP contribution in [0.3, 0.4) is 0 Å². The van der Waals surface area contributed by atoms with E-state index in [0.717, 1.165) is 37.5 Å². The number of amides is 1. The van der Waals surface area contributed by atoms with Gasteiger partial charge in [-0.1, -0.05) is 35.3 Å². The van der Waals surface area contributed by atoms with Gasteiger partial charge in [0.25, 0.3) is 0 Å². The Bertz CT molecular complexity index is 777. The summed E-state index contributed by atoms with van der Waals surface area (Å²) in [5, 5.41) is 5.29. The molecular formula is C19H22Cl2N4O. The van der Waals surface area contributed by atoms with Crippen molar-refractivity contribution in [2.45, 2.75) is 25.4 Å². The molecule has 1 amide bonds. The Hall–Kier alpha value is -1.56. The maximum absolute atomic E-state index is 12.5. The van der Waals surface area contributed by atoms with Crippen LogP contribution < -0.4 is 0 Å². The molecule has 7 heteroatoms. The summed E-state index contributed by atoms with van der Waals surface area (Å²) in [6.07, 6.45) is 5.34. The number of carbonyl (C=O) groups excluding carboxylic acids is 1. The van der Waals surface area contributed by atoms with Gasteiger partial charge in [0.15, 0.2) is 0 Å². The van der Waals surface area contributed by atoms with Crippen LogP contribution in [0.15, 0.2) is 36.7 Å². The first kappa shape index (κ1) is 17.8. The number of rotatable bonds is 3. The van der Waals surface area contributed by atoms with Crippen LogP contribution in [0.1, 0.15) is 18.4 Å². The average molecular weight is 393 g/mol. The number of carbonyl (C=O) groups is 1. The number of halogens is 2. The Morgan fingerprint density at radius 2 is 1.81 bits per heavy atom. The van der Waals surface area contributed by atoms with E-state index in [-0.39, 0.29) is 6.03 Å². The second-order valence-electron chi connectivity index (χ2n) is 7.48. The minimum Gasteiger partial charge on any atom is -0.322 e. The molecule has 0 radical (unpaired) electrons. The van der Waals surface area contributed by atoms with Crippen LogP contribution in [0.2, 0.25) is 10.0 Å². The predicted molar refractivity (Wildman–Crippen MR) is 103 cm³/mol. The Morgan fingerprint density at radius 1 is 1.15 bits per heavy atom. The lowest BCUT2D eigenvalue weighted by Crippen LogP contribution is -2.36. The first-order valence-corrected chi connectivity index (χ1v) is 9.69. The zero-order chi connectivity index (χ0) is 18.3. The van der Waals surface area contributed by atoms with Crippen molar-refractivity contribution in [3.05, 3.63) is 52.3 Å². The molecule has 2 fully saturated rings. The fraction of sp³-hybridized carbons (Fsp3) is 0.474. The zero-order valence-electron chi connectivity index (χ0n) is 14.7. The van der Waals surface area contributed by atoms with E-state index >= 15 is 0 Å². The molecule has 138 valence electrons. The van der Waals surface area contributed by atoms with Crippen molar-refractivity contribution < 1.29 is 4.79 Å². The molecule has 26 heavy (non-hydrogen) atoms. The van der Waals surface area contributed by atoms with E-state index in [0.29, 0.717) is 22.9 Å². The number of fused-ring (bicyclic) bond motifs is 1. The van der Waals surface area contributed by atoms with E-state index < -0.39 is 0 Å². The third-order valence-corrected chi connectivity index (χ3v) is 6.16. The Labute approximate surface area is 163 Å². The van der Waals surface area contributed by atoms with Crippen LogP contribution in [0, 0.1) is 11.8 Å². The average Bonchev–Trinajstić information content (AvgIpc) is 3.30. The molecular weight excluding hydrogens is 371 g/mol. The summed E-state index contributed by atoms with van der Waals surface area (Å²) in [5.41, 5.74) is 1.28. The summed E-state index contributed by atoms with van der Waals surface area (Å²) in [6.45, 7) is 2.55. The second-order valence-corrected chi connectivity index (χ2v) is 8.35. The summed E-state index contributed by atoms with van der Waals surface area (Å²) < 4.78 is 1.34. The quantitative estimate of drug-likeness (QED) is 0.792.